The van der Waals surface area contributed by atoms with E-state index in [1.807, 2.05) is 10.7 Å². The summed E-state index contributed by atoms with van der Waals surface area (Å²) in [5, 5.41) is 16.0. The van der Waals surface area contributed by atoms with E-state index in [0.717, 1.165) is 48.8 Å². The van der Waals surface area contributed by atoms with Crippen molar-refractivity contribution in [2.45, 2.75) is 32.0 Å². The van der Waals surface area contributed by atoms with Crippen molar-refractivity contribution in [3.8, 4) is 0 Å². The Bertz CT molecular complexity index is 833. The first-order valence-corrected chi connectivity index (χ1v) is 8.95. The summed E-state index contributed by atoms with van der Waals surface area (Å²) in [6, 6.07) is 10.3. The number of thiazole rings is 1. The first-order chi connectivity index (χ1) is 11.3. The number of aliphatic hydroxyl groups is 1. The molecule has 1 aliphatic heterocycles. The first-order valence-electron chi connectivity index (χ1n) is 8.13. The largest absolute Gasteiger partial charge is 0.386 e. The van der Waals surface area contributed by atoms with Gasteiger partial charge in [-0.05, 0) is 37.0 Å². The third kappa shape index (κ3) is 2.33. The number of hydrogen-bond acceptors (Lipinski definition) is 5. The smallest absolute Gasteiger partial charge is 0.186 e. The highest BCUT2D eigenvalue weighted by atomic mass is 32.1. The van der Waals surface area contributed by atoms with Gasteiger partial charge in [-0.2, -0.15) is 5.10 Å². The van der Waals surface area contributed by atoms with Crippen molar-refractivity contribution < 1.29 is 5.11 Å². The fourth-order valence-electron chi connectivity index (χ4n) is 3.25. The van der Waals surface area contributed by atoms with Gasteiger partial charge in [-0.1, -0.05) is 23.5 Å². The highest BCUT2D eigenvalue weighted by molar-refractivity contribution is 7.22. The maximum Gasteiger partial charge on any atom is 0.186 e. The molecule has 2 aliphatic rings. The fraction of sp³-hybridized carbons (Fsp3) is 0.412. The molecule has 1 atom stereocenters. The monoisotopic (exact) mass is 326 g/mol. The van der Waals surface area contributed by atoms with Gasteiger partial charge in [-0.3, -0.25) is 4.68 Å². The molecule has 118 valence electrons. The zero-order valence-corrected chi connectivity index (χ0v) is 13.5. The molecule has 1 saturated carbocycles. The SMILES string of the molecule is OC(c1cc2n(n1)CCN(c1nc3ccccc3s1)C2)C1CC1. The molecule has 1 aliphatic carbocycles. The number of benzene rings is 1. The summed E-state index contributed by atoms with van der Waals surface area (Å²) in [5.74, 6) is 0.423. The van der Waals surface area contributed by atoms with Gasteiger partial charge in [0.2, 0.25) is 0 Å². The lowest BCUT2D eigenvalue weighted by Gasteiger charge is -2.27. The Hall–Kier alpha value is -1.92. The summed E-state index contributed by atoms with van der Waals surface area (Å²) in [6.07, 6.45) is 1.87. The molecule has 23 heavy (non-hydrogen) atoms. The van der Waals surface area contributed by atoms with Gasteiger partial charge < -0.3 is 10.0 Å². The number of aliphatic hydroxyl groups excluding tert-OH is 1. The summed E-state index contributed by atoms with van der Waals surface area (Å²) in [5.41, 5.74) is 3.08. The Morgan fingerprint density at radius 1 is 1.22 bits per heavy atom. The number of fused-ring (bicyclic) bond motifs is 2. The number of hydrogen-bond donors (Lipinski definition) is 1. The lowest BCUT2D eigenvalue weighted by molar-refractivity contribution is 0.148. The van der Waals surface area contributed by atoms with Crippen LogP contribution in [0, 0.1) is 5.92 Å². The summed E-state index contributed by atoms with van der Waals surface area (Å²) in [4.78, 5) is 7.07. The van der Waals surface area contributed by atoms with Crippen molar-refractivity contribution in [3.63, 3.8) is 0 Å². The minimum Gasteiger partial charge on any atom is -0.386 e. The molecule has 1 aromatic carbocycles. The molecule has 2 aromatic heterocycles. The summed E-state index contributed by atoms with van der Waals surface area (Å²) >= 11 is 1.74. The zero-order valence-electron chi connectivity index (χ0n) is 12.7. The number of nitrogens with zero attached hydrogens (tertiary/aromatic N) is 4. The van der Waals surface area contributed by atoms with Crippen LogP contribution in [0.5, 0.6) is 0 Å². The van der Waals surface area contributed by atoms with Crippen molar-refractivity contribution in [2.75, 3.05) is 11.4 Å². The molecule has 1 fully saturated rings. The second kappa shape index (κ2) is 5.04. The number of para-hydroxylation sites is 1. The van der Waals surface area contributed by atoms with Crippen LogP contribution >= 0.6 is 11.3 Å². The lowest BCUT2D eigenvalue weighted by atomic mass is 10.1. The van der Waals surface area contributed by atoms with Crippen LogP contribution in [0.4, 0.5) is 5.13 Å². The van der Waals surface area contributed by atoms with Crippen LogP contribution in [0.25, 0.3) is 10.2 Å². The van der Waals surface area contributed by atoms with Crippen molar-refractivity contribution >= 4 is 26.7 Å². The Kier molecular flexibility index (Phi) is 2.96. The Morgan fingerprint density at radius 3 is 2.91 bits per heavy atom. The van der Waals surface area contributed by atoms with Gasteiger partial charge >= 0.3 is 0 Å². The Morgan fingerprint density at radius 2 is 2.09 bits per heavy atom. The Labute approximate surface area is 138 Å². The van der Waals surface area contributed by atoms with E-state index in [1.165, 1.54) is 10.4 Å². The molecule has 0 spiro atoms. The van der Waals surface area contributed by atoms with Gasteiger partial charge in [0.1, 0.15) is 6.10 Å². The van der Waals surface area contributed by atoms with Crippen molar-refractivity contribution in [1.29, 1.82) is 0 Å². The summed E-state index contributed by atoms with van der Waals surface area (Å²) < 4.78 is 3.27. The van der Waals surface area contributed by atoms with Gasteiger partial charge in [0.25, 0.3) is 0 Å². The fourth-order valence-corrected chi connectivity index (χ4v) is 4.24. The van der Waals surface area contributed by atoms with E-state index in [9.17, 15) is 5.11 Å². The summed E-state index contributed by atoms with van der Waals surface area (Å²) in [7, 11) is 0. The van der Waals surface area contributed by atoms with Crippen molar-refractivity contribution in [1.82, 2.24) is 14.8 Å². The second-order valence-electron chi connectivity index (χ2n) is 6.45. The molecule has 3 aromatic rings. The van der Waals surface area contributed by atoms with Gasteiger partial charge in [-0.25, -0.2) is 4.98 Å². The zero-order chi connectivity index (χ0) is 15.4. The molecule has 0 amide bonds. The average molecular weight is 326 g/mol. The molecule has 0 radical (unpaired) electrons. The van der Waals surface area contributed by atoms with Crippen LogP contribution in [0.3, 0.4) is 0 Å². The molecular formula is C17H18N4OS. The van der Waals surface area contributed by atoms with Crippen LogP contribution in [0.15, 0.2) is 30.3 Å². The van der Waals surface area contributed by atoms with E-state index in [0.29, 0.717) is 5.92 Å². The van der Waals surface area contributed by atoms with Crippen molar-refractivity contribution in [2.24, 2.45) is 5.92 Å². The highest BCUT2D eigenvalue weighted by Crippen LogP contribution is 2.41. The standard InChI is InChI=1S/C17H18N4OS/c22-16(11-5-6-11)14-9-12-10-20(7-8-21(12)19-14)17-18-13-3-1-2-4-15(13)23-17/h1-4,9,11,16,22H,5-8,10H2. The highest BCUT2D eigenvalue weighted by Gasteiger charge is 2.33. The van der Waals surface area contributed by atoms with Gasteiger partial charge in [-0.15, -0.1) is 0 Å². The number of aromatic nitrogens is 3. The van der Waals surface area contributed by atoms with Gasteiger partial charge in [0.15, 0.2) is 5.13 Å². The van der Waals surface area contributed by atoms with E-state index < -0.39 is 0 Å². The van der Waals surface area contributed by atoms with Gasteiger partial charge in [0, 0.05) is 6.54 Å². The maximum atomic E-state index is 10.3. The van der Waals surface area contributed by atoms with Crippen molar-refractivity contribution in [3.05, 3.63) is 41.7 Å². The first kappa shape index (κ1) is 13.5. The minimum absolute atomic E-state index is 0.385. The number of rotatable bonds is 3. The third-order valence-electron chi connectivity index (χ3n) is 4.74. The second-order valence-corrected chi connectivity index (χ2v) is 7.46. The molecule has 1 N–H and O–H groups in total. The van der Waals surface area contributed by atoms with Crippen LogP contribution in [0.1, 0.15) is 30.3 Å². The molecule has 1 unspecified atom stereocenters. The molecule has 6 heteroatoms. The predicted molar refractivity (Wildman–Crippen MR) is 90.6 cm³/mol. The molecular weight excluding hydrogens is 308 g/mol. The average Bonchev–Trinajstić information content (AvgIpc) is 3.19. The quantitative estimate of drug-likeness (QED) is 0.804. The van der Waals surface area contributed by atoms with Crippen LogP contribution < -0.4 is 4.90 Å². The van der Waals surface area contributed by atoms with E-state index in [2.05, 4.69) is 34.3 Å². The topological polar surface area (TPSA) is 54.2 Å². The molecule has 5 rings (SSSR count). The van der Waals surface area contributed by atoms with Crippen LogP contribution in [0.2, 0.25) is 0 Å². The van der Waals surface area contributed by atoms with Gasteiger partial charge in [0.05, 0.1) is 34.7 Å². The minimum atomic E-state index is -0.385. The van der Waals surface area contributed by atoms with E-state index in [-0.39, 0.29) is 6.10 Å². The van der Waals surface area contributed by atoms with E-state index in [1.54, 1.807) is 11.3 Å². The normalized spacial score (nSPS) is 19.1. The summed E-state index contributed by atoms with van der Waals surface area (Å²) in [6.45, 7) is 2.57. The molecule has 5 nitrogen and oxygen atoms in total. The third-order valence-corrected chi connectivity index (χ3v) is 5.84. The van der Waals surface area contributed by atoms with E-state index in [4.69, 9.17) is 4.98 Å². The van der Waals surface area contributed by atoms with Crippen LogP contribution in [-0.4, -0.2) is 26.4 Å². The maximum absolute atomic E-state index is 10.3. The Balaban J connectivity index is 1.42. The number of anilines is 1. The lowest BCUT2D eigenvalue weighted by Crippen LogP contribution is -2.33. The molecule has 0 saturated heterocycles. The van der Waals surface area contributed by atoms with Crippen LogP contribution in [-0.2, 0) is 13.1 Å². The van der Waals surface area contributed by atoms with E-state index >= 15 is 0 Å². The molecule has 0 bridgehead atoms. The molecule has 3 heterocycles. The predicted octanol–water partition coefficient (Wildman–Crippen LogP) is 2.96.